The number of hydrogen-bond acceptors (Lipinski definition) is 2. The molecular formula is C14H14Br2N2. The van der Waals surface area contributed by atoms with E-state index in [2.05, 4.69) is 60.4 Å². The minimum atomic E-state index is 0.219. The van der Waals surface area contributed by atoms with Crippen molar-refractivity contribution in [1.29, 1.82) is 0 Å². The van der Waals surface area contributed by atoms with Crippen molar-refractivity contribution in [3.8, 4) is 0 Å². The van der Waals surface area contributed by atoms with Crippen LogP contribution in [0.2, 0.25) is 0 Å². The standard InChI is InChI=1S/C14H14Br2N2/c1-17-14(13-7-6-11(15)9-18-13)8-10-4-2-3-5-12(10)16/h2-7,9,14,17H,8H2,1H3. The highest BCUT2D eigenvalue weighted by atomic mass is 79.9. The van der Waals surface area contributed by atoms with Crippen LogP contribution in [0.4, 0.5) is 0 Å². The van der Waals surface area contributed by atoms with Crippen LogP contribution in [0.3, 0.4) is 0 Å². The van der Waals surface area contributed by atoms with Crippen molar-refractivity contribution in [2.75, 3.05) is 7.05 Å². The van der Waals surface area contributed by atoms with E-state index in [1.54, 1.807) is 0 Å². The minimum absolute atomic E-state index is 0.219. The van der Waals surface area contributed by atoms with Crippen molar-refractivity contribution >= 4 is 31.9 Å². The van der Waals surface area contributed by atoms with Crippen LogP contribution in [0, 0.1) is 0 Å². The summed E-state index contributed by atoms with van der Waals surface area (Å²) in [7, 11) is 1.96. The third-order valence-corrected chi connectivity index (χ3v) is 4.08. The van der Waals surface area contributed by atoms with Crippen LogP contribution in [-0.4, -0.2) is 12.0 Å². The molecule has 0 amide bonds. The summed E-state index contributed by atoms with van der Waals surface area (Å²) in [6.07, 6.45) is 2.74. The Kier molecular flexibility index (Phi) is 4.92. The zero-order valence-electron chi connectivity index (χ0n) is 10.0. The molecule has 1 aromatic carbocycles. The molecule has 0 aliphatic heterocycles. The van der Waals surface area contributed by atoms with E-state index in [0.717, 1.165) is 21.1 Å². The van der Waals surface area contributed by atoms with Crippen LogP contribution in [-0.2, 0) is 6.42 Å². The summed E-state index contributed by atoms with van der Waals surface area (Å²) < 4.78 is 2.14. The van der Waals surface area contributed by atoms with E-state index in [1.165, 1.54) is 5.56 Å². The maximum atomic E-state index is 4.45. The first-order chi connectivity index (χ1) is 8.70. The lowest BCUT2D eigenvalue weighted by Gasteiger charge is -2.16. The fourth-order valence-electron chi connectivity index (χ4n) is 1.83. The molecule has 0 bridgehead atoms. The Morgan fingerprint density at radius 3 is 2.56 bits per heavy atom. The molecule has 0 aliphatic carbocycles. The zero-order valence-corrected chi connectivity index (χ0v) is 13.2. The number of nitrogens with zero attached hydrogens (tertiary/aromatic N) is 1. The molecule has 0 saturated heterocycles. The molecule has 0 saturated carbocycles. The van der Waals surface area contributed by atoms with Gasteiger partial charge in [-0.15, -0.1) is 0 Å². The minimum Gasteiger partial charge on any atom is -0.311 e. The summed E-state index contributed by atoms with van der Waals surface area (Å²) in [6, 6.07) is 12.6. The van der Waals surface area contributed by atoms with E-state index >= 15 is 0 Å². The molecule has 94 valence electrons. The molecule has 0 radical (unpaired) electrons. The molecule has 0 fully saturated rings. The monoisotopic (exact) mass is 368 g/mol. The molecule has 1 heterocycles. The predicted octanol–water partition coefficient (Wildman–Crippen LogP) is 4.11. The van der Waals surface area contributed by atoms with Crippen molar-refractivity contribution < 1.29 is 0 Å². The quantitative estimate of drug-likeness (QED) is 0.877. The Labute approximate surface area is 124 Å². The van der Waals surface area contributed by atoms with Crippen molar-refractivity contribution in [3.05, 3.63) is 62.8 Å². The van der Waals surface area contributed by atoms with Gasteiger partial charge in [0.25, 0.3) is 0 Å². The van der Waals surface area contributed by atoms with Crippen molar-refractivity contribution in [3.63, 3.8) is 0 Å². The number of hydrogen-bond donors (Lipinski definition) is 1. The number of nitrogens with one attached hydrogen (secondary N) is 1. The number of halogens is 2. The predicted molar refractivity (Wildman–Crippen MR) is 81.6 cm³/mol. The number of likely N-dealkylation sites (N-methyl/N-ethyl adjacent to an activating group) is 1. The van der Waals surface area contributed by atoms with E-state index in [9.17, 15) is 0 Å². The molecule has 4 heteroatoms. The second-order valence-corrected chi connectivity index (χ2v) is 5.81. The van der Waals surface area contributed by atoms with Crippen LogP contribution in [0.1, 0.15) is 17.3 Å². The Balaban J connectivity index is 2.20. The Morgan fingerprint density at radius 1 is 1.17 bits per heavy atom. The van der Waals surface area contributed by atoms with Gasteiger partial charge in [-0.3, -0.25) is 4.98 Å². The largest absolute Gasteiger partial charge is 0.311 e. The Morgan fingerprint density at radius 2 is 1.94 bits per heavy atom. The normalized spacial score (nSPS) is 12.4. The summed E-state index contributed by atoms with van der Waals surface area (Å²) in [6.45, 7) is 0. The summed E-state index contributed by atoms with van der Waals surface area (Å²) in [5.41, 5.74) is 2.33. The van der Waals surface area contributed by atoms with Crippen LogP contribution in [0.5, 0.6) is 0 Å². The highest BCUT2D eigenvalue weighted by molar-refractivity contribution is 9.10. The van der Waals surface area contributed by atoms with Gasteiger partial charge in [0.15, 0.2) is 0 Å². The molecular weight excluding hydrogens is 356 g/mol. The van der Waals surface area contributed by atoms with Crippen LogP contribution in [0.25, 0.3) is 0 Å². The third kappa shape index (κ3) is 3.40. The van der Waals surface area contributed by atoms with Crippen molar-refractivity contribution in [2.45, 2.75) is 12.5 Å². The van der Waals surface area contributed by atoms with Gasteiger partial charge in [0.2, 0.25) is 0 Å². The molecule has 0 spiro atoms. The third-order valence-electron chi connectivity index (χ3n) is 2.84. The SMILES string of the molecule is CNC(Cc1ccccc1Br)c1ccc(Br)cn1. The first-order valence-electron chi connectivity index (χ1n) is 5.73. The second kappa shape index (κ2) is 6.45. The maximum absolute atomic E-state index is 4.45. The molecule has 2 nitrogen and oxygen atoms in total. The van der Waals surface area contributed by atoms with Crippen LogP contribution >= 0.6 is 31.9 Å². The zero-order chi connectivity index (χ0) is 13.0. The topological polar surface area (TPSA) is 24.9 Å². The average Bonchev–Trinajstić information content (AvgIpc) is 2.39. The van der Waals surface area contributed by atoms with Crippen molar-refractivity contribution in [2.24, 2.45) is 0 Å². The summed E-state index contributed by atoms with van der Waals surface area (Å²) >= 11 is 6.99. The van der Waals surface area contributed by atoms with Gasteiger partial charge in [-0.1, -0.05) is 34.1 Å². The molecule has 2 rings (SSSR count). The summed E-state index contributed by atoms with van der Waals surface area (Å²) in [5, 5.41) is 3.31. The fourth-order valence-corrected chi connectivity index (χ4v) is 2.51. The van der Waals surface area contributed by atoms with Crippen LogP contribution < -0.4 is 5.32 Å². The molecule has 2 aromatic rings. The Bertz CT molecular complexity index is 511. The van der Waals surface area contributed by atoms with Crippen molar-refractivity contribution in [1.82, 2.24) is 10.3 Å². The van der Waals surface area contributed by atoms with Gasteiger partial charge in [-0.25, -0.2) is 0 Å². The number of pyridine rings is 1. The summed E-state index contributed by atoms with van der Waals surface area (Å²) in [5.74, 6) is 0. The number of benzene rings is 1. The Hall–Kier alpha value is -0.710. The smallest absolute Gasteiger partial charge is 0.0577 e. The van der Waals surface area contributed by atoms with Gasteiger partial charge >= 0.3 is 0 Å². The molecule has 1 N–H and O–H groups in total. The van der Waals surface area contributed by atoms with Crippen LogP contribution in [0.15, 0.2) is 51.5 Å². The molecule has 1 aromatic heterocycles. The molecule has 0 aliphatic rings. The lowest BCUT2D eigenvalue weighted by Crippen LogP contribution is -2.20. The second-order valence-electron chi connectivity index (χ2n) is 4.04. The highest BCUT2D eigenvalue weighted by Gasteiger charge is 2.12. The summed E-state index contributed by atoms with van der Waals surface area (Å²) in [4.78, 5) is 4.45. The van der Waals surface area contributed by atoms with E-state index in [1.807, 2.05) is 31.4 Å². The van der Waals surface area contributed by atoms with E-state index < -0.39 is 0 Å². The van der Waals surface area contributed by atoms with Gasteiger partial charge in [-0.05, 0) is 53.2 Å². The highest BCUT2D eigenvalue weighted by Crippen LogP contribution is 2.23. The van der Waals surface area contributed by atoms with Gasteiger partial charge in [0, 0.05) is 15.1 Å². The number of aromatic nitrogens is 1. The van der Waals surface area contributed by atoms with Gasteiger partial charge in [0.05, 0.1) is 11.7 Å². The fraction of sp³-hybridized carbons (Fsp3) is 0.214. The lowest BCUT2D eigenvalue weighted by atomic mass is 10.0. The lowest BCUT2D eigenvalue weighted by molar-refractivity contribution is 0.575. The van der Waals surface area contributed by atoms with E-state index in [0.29, 0.717) is 0 Å². The first kappa shape index (κ1) is 13.7. The molecule has 18 heavy (non-hydrogen) atoms. The van der Waals surface area contributed by atoms with Gasteiger partial charge < -0.3 is 5.32 Å². The van der Waals surface area contributed by atoms with Gasteiger partial charge in [-0.2, -0.15) is 0 Å². The molecule has 1 atom stereocenters. The average molecular weight is 370 g/mol. The first-order valence-corrected chi connectivity index (χ1v) is 7.31. The van der Waals surface area contributed by atoms with Gasteiger partial charge in [0.1, 0.15) is 0 Å². The number of rotatable bonds is 4. The van der Waals surface area contributed by atoms with E-state index in [-0.39, 0.29) is 6.04 Å². The maximum Gasteiger partial charge on any atom is 0.0577 e. The molecule has 1 unspecified atom stereocenters. The van der Waals surface area contributed by atoms with E-state index in [4.69, 9.17) is 0 Å².